The van der Waals surface area contributed by atoms with E-state index in [9.17, 15) is 4.79 Å². The fourth-order valence-electron chi connectivity index (χ4n) is 2.80. The predicted octanol–water partition coefficient (Wildman–Crippen LogP) is 2.24. The van der Waals surface area contributed by atoms with Crippen LogP contribution >= 0.6 is 12.2 Å². The number of amides is 1. The Hall–Kier alpha value is -0.640. The van der Waals surface area contributed by atoms with E-state index in [0.717, 1.165) is 31.2 Å². The lowest BCUT2D eigenvalue weighted by molar-refractivity contribution is -0.123. The Morgan fingerprint density at radius 3 is 2.28 bits per heavy atom. The van der Waals surface area contributed by atoms with Crippen LogP contribution in [0.4, 0.5) is 0 Å². The third-order valence-electron chi connectivity index (χ3n) is 4.20. The van der Waals surface area contributed by atoms with E-state index in [1.165, 1.54) is 25.7 Å². The molecule has 0 saturated heterocycles. The molecule has 0 aliphatic heterocycles. The van der Waals surface area contributed by atoms with Gasteiger partial charge in [-0.1, -0.05) is 25.6 Å². The largest absolute Gasteiger partial charge is 0.393 e. The second kappa shape index (κ2) is 6.00. The lowest BCUT2D eigenvalue weighted by Gasteiger charge is -2.19. The van der Waals surface area contributed by atoms with Crippen molar-refractivity contribution in [1.29, 1.82) is 0 Å². The topological polar surface area (TPSA) is 55.1 Å². The predicted molar refractivity (Wildman–Crippen MR) is 77.1 cm³/mol. The van der Waals surface area contributed by atoms with Gasteiger partial charge in [0, 0.05) is 6.54 Å². The highest BCUT2D eigenvalue weighted by Crippen LogP contribution is 2.48. The highest BCUT2D eigenvalue weighted by Gasteiger charge is 2.41. The summed E-state index contributed by atoms with van der Waals surface area (Å²) in [5, 5.41) is 3.09. The molecule has 1 atom stereocenters. The van der Waals surface area contributed by atoms with Gasteiger partial charge in [-0.3, -0.25) is 4.79 Å². The van der Waals surface area contributed by atoms with Crippen LogP contribution in [0.1, 0.15) is 45.4 Å². The van der Waals surface area contributed by atoms with E-state index in [1.807, 2.05) is 0 Å². The van der Waals surface area contributed by atoms with E-state index in [-0.39, 0.29) is 11.8 Å². The van der Waals surface area contributed by atoms with Crippen molar-refractivity contribution < 1.29 is 4.79 Å². The minimum atomic E-state index is -0.274. The first-order valence-electron chi connectivity index (χ1n) is 7.20. The maximum Gasteiger partial charge on any atom is 0.229 e. The van der Waals surface area contributed by atoms with Crippen molar-refractivity contribution in [3.63, 3.8) is 0 Å². The molecule has 102 valence electrons. The SMILES string of the molecule is CCCC(C(=O)NCC(C1CC1)C1CC1)C(N)=S. The quantitative estimate of drug-likeness (QED) is 0.664. The van der Waals surface area contributed by atoms with Crippen LogP contribution in [0.15, 0.2) is 0 Å². The molecule has 1 unspecified atom stereocenters. The van der Waals surface area contributed by atoms with Gasteiger partial charge >= 0.3 is 0 Å². The normalized spacial score (nSPS) is 20.8. The van der Waals surface area contributed by atoms with Gasteiger partial charge in [-0.2, -0.15) is 0 Å². The van der Waals surface area contributed by atoms with Crippen LogP contribution < -0.4 is 11.1 Å². The fourth-order valence-corrected chi connectivity index (χ4v) is 3.02. The molecular weight excluding hydrogens is 244 g/mol. The Labute approximate surface area is 115 Å². The van der Waals surface area contributed by atoms with Crippen LogP contribution in [-0.2, 0) is 4.79 Å². The minimum absolute atomic E-state index is 0.0376. The Morgan fingerprint density at radius 2 is 1.89 bits per heavy atom. The number of carbonyl (C=O) groups is 1. The molecule has 4 heteroatoms. The molecule has 2 saturated carbocycles. The molecule has 0 spiro atoms. The summed E-state index contributed by atoms with van der Waals surface area (Å²) < 4.78 is 0. The van der Waals surface area contributed by atoms with E-state index in [4.69, 9.17) is 18.0 Å². The number of nitrogens with one attached hydrogen (secondary N) is 1. The molecule has 0 bridgehead atoms. The Kier molecular flexibility index (Phi) is 4.60. The zero-order chi connectivity index (χ0) is 13.1. The molecule has 0 radical (unpaired) electrons. The van der Waals surface area contributed by atoms with Crippen molar-refractivity contribution in [3.05, 3.63) is 0 Å². The highest BCUT2D eigenvalue weighted by atomic mass is 32.1. The lowest BCUT2D eigenvalue weighted by Crippen LogP contribution is -2.40. The van der Waals surface area contributed by atoms with Gasteiger partial charge in [-0.25, -0.2) is 0 Å². The number of thiocarbonyl (C=S) groups is 1. The molecule has 0 aromatic rings. The summed E-state index contributed by atoms with van der Waals surface area (Å²) in [6.07, 6.45) is 7.10. The van der Waals surface area contributed by atoms with Gasteiger partial charge in [0.25, 0.3) is 0 Å². The monoisotopic (exact) mass is 268 g/mol. The molecule has 2 aliphatic rings. The van der Waals surface area contributed by atoms with Crippen LogP contribution in [0.2, 0.25) is 0 Å². The number of rotatable bonds is 8. The Bertz CT molecular complexity index is 312. The molecule has 18 heavy (non-hydrogen) atoms. The van der Waals surface area contributed by atoms with Crippen molar-refractivity contribution in [1.82, 2.24) is 5.32 Å². The van der Waals surface area contributed by atoms with Crippen molar-refractivity contribution in [2.45, 2.75) is 45.4 Å². The number of hydrogen-bond acceptors (Lipinski definition) is 2. The summed E-state index contributed by atoms with van der Waals surface area (Å²) in [6.45, 7) is 2.88. The zero-order valence-corrected chi connectivity index (χ0v) is 12.0. The molecule has 2 aliphatic carbocycles. The maximum absolute atomic E-state index is 12.1. The van der Waals surface area contributed by atoms with Gasteiger partial charge in [-0.15, -0.1) is 0 Å². The Morgan fingerprint density at radius 1 is 1.33 bits per heavy atom. The van der Waals surface area contributed by atoms with E-state index in [1.54, 1.807) is 0 Å². The Balaban J connectivity index is 1.79. The van der Waals surface area contributed by atoms with Gasteiger partial charge in [0.15, 0.2) is 0 Å². The van der Waals surface area contributed by atoms with Gasteiger partial charge in [0.2, 0.25) is 5.91 Å². The van der Waals surface area contributed by atoms with Gasteiger partial charge < -0.3 is 11.1 Å². The first kappa shape index (κ1) is 13.8. The second-order valence-corrected chi connectivity index (χ2v) is 6.30. The van der Waals surface area contributed by atoms with Crippen molar-refractivity contribution in [2.75, 3.05) is 6.54 Å². The van der Waals surface area contributed by atoms with Crippen molar-refractivity contribution in [3.8, 4) is 0 Å². The lowest BCUT2D eigenvalue weighted by atomic mass is 9.97. The van der Waals surface area contributed by atoms with Gasteiger partial charge in [0.05, 0.1) is 10.9 Å². The summed E-state index contributed by atoms with van der Waals surface area (Å²) in [5.74, 6) is 2.21. The third kappa shape index (κ3) is 3.67. The highest BCUT2D eigenvalue weighted by molar-refractivity contribution is 7.80. The summed E-state index contributed by atoms with van der Waals surface area (Å²) in [6, 6.07) is 0. The molecule has 3 nitrogen and oxygen atoms in total. The zero-order valence-electron chi connectivity index (χ0n) is 11.2. The average molecular weight is 268 g/mol. The van der Waals surface area contributed by atoms with Crippen molar-refractivity contribution in [2.24, 2.45) is 29.4 Å². The van der Waals surface area contributed by atoms with Crippen LogP contribution in [0, 0.1) is 23.7 Å². The van der Waals surface area contributed by atoms with E-state index >= 15 is 0 Å². The van der Waals surface area contributed by atoms with Crippen molar-refractivity contribution >= 4 is 23.1 Å². The van der Waals surface area contributed by atoms with Crippen LogP contribution in [0.5, 0.6) is 0 Å². The minimum Gasteiger partial charge on any atom is -0.393 e. The molecule has 2 rings (SSSR count). The molecule has 3 N–H and O–H groups in total. The summed E-state index contributed by atoms with van der Waals surface area (Å²) >= 11 is 4.98. The van der Waals surface area contributed by atoms with Gasteiger partial charge in [-0.05, 0) is 49.9 Å². The first-order valence-corrected chi connectivity index (χ1v) is 7.61. The third-order valence-corrected chi connectivity index (χ3v) is 4.49. The molecule has 2 fully saturated rings. The number of carbonyl (C=O) groups excluding carboxylic acids is 1. The van der Waals surface area contributed by atoms with E-state index in [2.05, 4.69) is 12.2 Å². The van der Waals surface area contributed by atoms with Crippen LogP contribution in [-0.4, -0.2) is 17.4 Å². The molecule has 0 aromatic carbocycles. The van der Waals surface area contributed by atoms with Gasteiger partial charge in [0.1, 0.15) is 0 Å². The van der Waals surface area contributed by atoms with Crippen LogP contribution in [0.3, 0.4) is 0 Å². The summed E-state index contributed by atoms with van der Waals surface area (Å²) in [7, 11) is 0. The smallest absolute Gasteiger partial charge is 0.229 e. The number of hydrogen-bond donors (Lipinski definition) is 2. The molecule has 1 amide bonds. The van der Waals surface area contributed by atoms with E-state index < -0.39 is 0 Å². The summed E-state index contributed by atoms with van der Waals surface area (Å²) in [4.78, 5) is 12.4. The fraction of sp³-hybridized carbons (Fsp3) is 0.857. The second-order valence-electron chi connectivity index (χ2n) is 5.83. The standard InChI is InChI=1S/C14H24N2OS/c1-2-3-11(13(15)18)14(17)16-8-12(9-4-5-9)10-6-7-10/h9-12H,2-8H2,1H3,(H2,15,18)(H,16,17). The maximum atomic E-state index is 12.1. The molecular formula is C14H24N2OS. The number of nitrogens with two attached hydrogens (primary N) is 1. The molecule has 0 aromatic heterocycles. The molecule has 0 heterocycles. The van der Waals surface area contributed by atoms with Crippen LogP contribution in [0.25, 0.3) is 0 Å². The van der Waals surface area contributed by atoms with E-state index in [0.29, 0.717) is 10.9 Å². The average Bonchev–Trinajstić information content (AvgIpc) is 3.15. The first-order chi connectivity index (χ1) is 8.63. The summed E-state index contributed by atoms with van der Waals surface area (Å²) in [5.41, 5.74) is 5.64.